The third-order valence-corrected chi connectivity index (χ3v) is 3.66. The molecule has 0 saturated carbocycles. The van der Waals surface area contributed by atoms with Gasteiger partial charge in [-0.1, -0.05) is 0 Å². The number of nitrogens with two attached hydrogens (primary N) is 1. The Morgan fingerprint density at radius 3 is 3.00 bits per heavy atom. The zero-order chi connectivity index (χ0) is 10.9. The molecule has 2 heterocycles. The van der Waals surface area contributed by atoms with E-state index in [1.807, 2.05) is 4.90 Å². The highest BCUT2D eigenvalue weighted by Crippen LogP contribution is 2.30. The summed E-state index contributed by atoms with van der Waals surface area (Å²) in [6.45, 7) is 4.19. The quantitative estimate of drug-likeness (QED) is 0.725. The smallest absolute Gasteiger partial charge is 0.252 e. The SMILES string of the molecule is CC1(CN)CCCN1C(=O)C1CCCO1. The zero-order valence-corrected chi connectivity index (χ0v) is 9.37. The summed E-state index contributed by atoms with van der Waals surface area (Å²) in [5, 5.41) is 0. The summed E-state index contributed by atoms with van der Waals surface area (Å²) in [4.78, 5) is 14.1. The molecule has 0 aromatic carbocycles. The van der Waals surface area contributed by atoms with E-state index in [2.05, 4.69) is 6.92 Å². The summed E-state index contributed by atoms with van der Waals surface area (Å²) >= 11 is 0. The van der Waals surface area contributed by atoms with Crippen LogP contribution in [0, 0.1) is 0 Å². The molecular weight excluding hydrogens is 192 g/mol. The molecule has 4 heteroatoms. The van der Waals surface area contributed by atoms with Crippen LogP contribution >= 0.6 is 0 Å². The molecule has 2 atom stereocenters. The number of carbonyl (C=O) groups is 1. The highest BCUT2D eigenvalue weighted by atomic mass is 16.5. The van der Waals surface area contributed by atoms with E-state index in [1.165, 1.54) is 0 Å². The van der Waals surface area contributed by atoms with Crippen molar-refractivity contribution in [3.8, 4) is 0 Å². The molecule has 86 valence electrons. The molecule has 1 amide bonds. The summed E-state index contributed by atoms with van der Waals surface area (Å²) < 4.78 is 5.43. The van der Waals surface area contributed by atoms with Gasteiger partial charge < -0.3 is 15.4 Å². The van der Waals surface area contributed by atoms with Crippen LogP contribution in [0.3, 0.4) is 0 Å². The van der Waals surface area contributed by atoms with Gasteiger partial charge in [0.15, 0.2) is 0 Å². The molecule has 2 fully saturated rings. The maximum atomic E-state index is 12.2. The second-order valence-corrected chi connectivity index (χ2v) is 4.80. The van der Waals surface area contributed by atoms with Gasteiger partial charge in [0.25, 0.3) is 5.91 Å². The maximum Gasteiger partial charge on any atom is 0.252 e. The second kappa shape index (κ2) is 4.10. The second-order valence-electron chi connectivity index (χ2n) is 4.80. The number of hydrogen-bond donors (Lipinski definition) is 1. The third-order valence-electron chi connectivity index (χ3n) is 3.66. The molecule has 15 heavy (non-hydrogen) atoms. The fourth-order valence-electron chi connectivity index (χ4n) is 2.56. The van der Waals surface area contributed by atoms with Crippen LogP contribution < -0.4 is 5.73 Å². The van der Waals surface area contributed by atoms with Gasteiger partial charge in [0.1, 0.15) is 6.10 Å². The van der Waals surface area contributed by atoms with Crippen molar-refractivity contribution >= 4 is 5.91 Å². The molecule has 2 N–H and O–H groups in total. The average Bonchev–Trinajstić information content (AvgIpc) is 2.86. The van der Waals surface area contributed by atoms with E-state index in [4.69, 9.17) is 10.5 Å². The van der Waals surface area contributed by atoms with Crippen molar-refractivity contribution in [2.75, 3.05) is 19.7 Å². The van der Waals surface area contributed by atoms with Crippen molar-refractivity contribution in [2.45, 2.75) is 44.2 Å². The Balaban J connectivity index is 2.05. The van der Waals surface area contributed by atoms with Gasteiger partial charge in [0, 0.05) is 19.7 Å². The van der Waals surface area contributed by atoms with Crippen LogP contribution in [0.15, 0.2) is 0 Å². The van der Waals surface area contributed by atoms with E-state index < -0.39 is 0 Å². The zero-order valence-electron chi connectivity index (χ0n) is 9.37. The van der Waals surface area contributed by atoms with Gasteiger partial charge in [-0.15, -0.1) is 0 Å². The van der Waals surface area contributed by atoms with E-state index >= 15 is 0 Å². The van der Waals surface area contributed by atoms with Gasteiger partial charge in [0.2, 0.25) is 0 Å². The van der Waals surface area contributed by atoms with E-state index in [0.29, 0.717) is 6.54 Å². The number of nitrogens with zero attached hydrogens (tertiary/aromatic N) is 1. The minimum absolute atomic E-state index is 0.136. The Morgan fingerprint density at radius 2 is 2.40 bits per heavy atom. The summed E-state index contributed by atoms with van der Waals surface area (Å²) in [5.74, 6) is 0.151. The van der Waals surface area contributed by atoms with Gasteiger partial charge >= 0.3 is 0 Å². The molecular formula is C11H20N2O2. The molecule has 4 nitrogen and oxygen atoms in total. The van der Waals surface area contributed by atoms with Crippen LogP contribution in [0.5, 0.6) is 0 Å². The van der Waals surface area contributed by atoms with E-state index in [0.717, 1.165) is 38.8 Å². The van der Waals surface area contributed by atoms with Gasteiger partial charge in [-0.2, -0.15) is 0 Å². The molecule has 2 unspecified atom stereocenters. The lowest BCUT2D eigenvalue weighted by Crippen LogP contribution is -2.53. The number of likely N-dealkylation sites (tertiary alicyclic amines) is 1. The summed E-state index contributed by atoms with van der Waals surface area (Å²) in [6, 6.07) is 0. The number of hydrogen-bond acceptors (Lipinski definition) is 3. The monoisotopic (exact) mass is 212 g/mol. The Morgan fingerprint density at radius 1 is 1.60 bits per heavy atom. The molecule has 2 rings (SSSR count). The minimum Gasteiger partial charge on any atom is -0.368 e. The van der Waals surface area contributed by atoms with Crippen LogP contribution in [0.1, 0.15) is 32.6 Å². The number of rotatable bonds is 2. The summed E-state index contributed by atoms with van der Waals surface area (Å²) in [7, 11) is 0. The van der Waals surface area contributed by atoms with Crippen LogP contribution in [0.2, 0.25) is 0 Å². The highest BCUT2D eigenvalue weighted by Gasteiger charge is 2.41. The van der Waals surface area contributed by atoms with Crippen LogP contribution in [0.4, 0.5) is 0 Å². The lowest BCUT2D eigenvalue weighted by atomic mass is 9.98. The Hall–Kier alpha value is -0.610. The lowest BCUT2D eigenvalue weighted by molar-refractivity contribution is -0.144. The summed E-state index contributed by atoms with van der Waals surface area (Å²) in [6.07, 6.45) is 3.75. The number of amides is 1. The minimum atomic E-state index is -0.200. The van der Waals surface area contributed by atoms with Gasteiger partial charge in [-0.05, 0) is 32.6 Å². The predicted octanol–water partition coefficient (Wildman–Crippen LogP) is 0.505. The van der Waals surface area contributed by atoms with E-state index in [-0.39, 0.29) is 17.6 Å². The molecule has 2 aliphatic rings. The molecule has 2 aliphatic heterocycles. The van der Waals surface area contributed by atoms with Crippen molar-refractivity contribution in [1.29, 1.82) is 0 Å². The topological polar surface area (TPSA) is 55.6 Å². The number of carbonyl (C=O) groups excluding carboxylic acids is 1. The van der Waals surface area contributed by atoms with Gasteiger partial charge in [-0.25, -0.2) is 0 Å². The Bertz CT molecular complexity index is 251. The molecule has 2 saturated heterocycles. The molecule has 0 aromatic heterocycles. The Kier molecular flexibility index (Phi) is 2.98. The number of ether oxygens (including phenoxy) is 1. The molecule has 0 bridgehead atoms. The average molecular weight is 212 g/mol. The van der Waals surface area contributed by atoms with Crippen molar-refractivity contribution in [1.82, 2.24) is 4.90 Å². The van der Waals surface area contributed by atoms with Crippen LogP contribution in [0.25, 0.3) is 0 Å². The largest absolute Gasteiger partial charge is 0.368 e. The third kappa shape index (κ3) is 1.88. The van der Waals surface area contributed by atoms with E-state index in [1.54, 1.807) is 0 Å². The fraction of sp³-hybridized carbons (Fsp3) is 0.909. The van der Waals surface area contributed by atoms with Crippen molar-refractivity contribution < 1.29 is 9.53 Å². The first-order valence-corrected chi connectivity index (χ1v) is 5.80. The van der Waals surface area contributed by atoms with Crippen LogP contribution in [-0.2, 0) is 9.53 Å². The first kappa shape index (κ1) is 10.9. The summed E-state index contributed by atoms with van der Waals surface area (Å²) in [5.41, 5.74) is 5.62. The Labute approximate surface area is 90.8 Å². The first-order chi connectivity index (χ1) is 7.17. The van der Waals surface area contributed by atoms with Gasteiger partial charge in [0.05, 0.1) is 5.54 Å². The highest BCUT2D eigenvalue weighted by molar-refractivity contribution is 5.82. The van der Waals surface area contributed by atoms with Crippen molar-refractivity contribution in [3.63, 3.8) is 0 Å². The standard InChI is InChI=1S/C11H20N2O2/c1-11(8-12)5-3-6-13(11)10(14)9-4-2-7-15-9/h9H,2-8,12H2,1H3. The molecule has 0 aromatic rings. The normalized spacial score (nSPS) is 36.1. The molecule has 0 radical (unpaired) electrons. The van der Waals surface area contributed by atoms with Crippen molar-refractivity contribution in [2.24, 2.45) is 5.73 Å². The van der Waals surface area contributed by atoms with Gasteiger partial charge in [-0.3, -0.25) is 4.79 Å². The fourth-order valence-corrected chi connectivity index (χ4v) is 2.56. The molecule has 0 spiro atoms. The lowest BCUT2D eigenvalue weighted by Gasteiger charge is -2.35. The predicted molar refractivity (Wildman–Crippen MR) is 57.4 cm³/mol. The first-order valence-electron chi connectivity index (χ1n) is 5.80. The van der Waals surface area contributed by atoms with Crippen LogP contribution in [-0.4, -0.2) is 42.1 Å². The molecule has 0 aliphatic carbocycles. The van der Waals surface area contributed by atoms with Crippen molar-refractivity contribution in [3.05, 3.63) is 0 Å². The maximum absolute atomic E-state index is 12.2. The van der Waals surface area contributed by atoms with E-state index in [9.17, 15) is 4.79 Å².